The van der Waals surface area contributed by atoms with Crippen LogP contribution in [-0.2, 0) is 32.7 Å². The van der Waals surface area contributed by atoms with Crippen molar-refractivity contribution in [1.82, 2.24) is 24.7 Å². The number of hydrogen-bond donors (Lipinski definition) is 2. The molecular weight excluding hydrogens is 434 g/mol. The molecule has 0 aromatic heterocycles. The van der Waals surface area contributed by atoms with E-state index >= 15 is 0 Å². The second-order valence-electron chi connectivity index (χ2n) is 8.90. The molecule has 1 unspecified atom stereocenters. The first-order valence-corrected chi connectivity index (χ1v) is 12.5. The minimum absolute atomic E-state index is 0.188. The number of nitrogens with zero attached hydrogens (tertiary/aromatic N) is 3. The summed E-state index contributed by atoms with van der Waals surface area (Å²) in [6, 6.07) is 5.02. The fourth-order valence-electron chi connectivity index (χ4n) is 4.93. The van der Waals surface area contributed by atoms with E-state index in [1.54, 1.807) is 10.4 Å². The summed E-state index contributed by atoms with van der Waals surface area (Å²) in [5.41, 5.74) is 2.46. The summed E-state index contributed by atoms with van der Waals surface area (Å²) < 4.78 is 27.1. The number of carbonyl (C=O) groups excluding carboxylic acids is 3. The van der Waals surface area contributed by atoms with Gasteiger partial charge in [-0.1, -0.05) is 12.1 Å². The molecule has 0 spiro atoms. The molecule has 11 heteroatoms. The first-order valence-electron chi connectivity index (χ1n) is 11.0. The highest BCUT2D eigenvalue weighted by Crippen LogP contribution is 2.29. The van der Waals surface area contributed by atoms with Gasteiger partial charge in [-0.05, 0) is 23.6 Å². The molecule has 0 aliphatic carbocycles. The van der Waals surface area contributed by atoms with E-state index in [0.29, 0.717) is 64.3 Å². The third kappa shape index (κ3) is 3.83. The van der Waals surface area contributed by atoms with Gasteiger partial charge >= 0.3 is 0 Å². The van der Waals surface area contributed by atoms with Crippen LogP contribution in [0.25, 0.3) is 0 Å². The lowest BCUT2D eigenvalue weighted by molar-refractivity contribution is -0.136. The molecule has 1 aromatic rings. The number of carbonyl (C=O) groups is 3. The Bertz CT molecular complexity index is 1060. The van der Waals surface area contributed by atoms with Crippen molar-refractivity contribution in [1.29, 1.82) is 0 Å². The van der Waals surface area contributed by atoms with E-state index in [2.05, 4.69) is 15.5 Å². The van der Waals surface area contributed by atoms with Crippen LogP contribution in [0.1, 0.15) is 34.3 Å². The molecule has 4 aliphatic heterocycles. The summed E-state index contributed by atoms with van der Waals surface area (Å²) in [5.74, 6) is -0.906. The van der Waals surface area contributed by atoms with Crippen molar-refractivity contribution < 1.29 is 22.8 Å². The van der Waals surface area contributed by atoms with Crippen LogP contribution < -0.4 is 10.6 Å². The molecule has 172 valence electrons. The zero-order chi connectivity index (χ0) is 22.5. The Hall–Kier alpha value is -2.34. The van der Waals surface area contributed by atoms with Gasteiger partial charge in [-0.2, -0.15) is 4.31 Å². The molecule has 1 atom stereocenters. The molecule has 5 rings (SSSR count). The van der Waals surface area contributed by atoms with E-state index < -0.39 is 22.0 Å². The number of nitrogens with one attached hydrogen (secondary N) is 2. The van der Waals surface area contributed by atoms with Crippen LogP contribution in [0.5, 0.6) is 0 Å². The van der Waals surface area contributed by atoms with Gasteiger partial charge < -0.3 is 10.2 Å². The number of piperazine rings is 1. The Morgan fingerprint density at radius 1 is 1.06 bits per heavy atom. The molecule has 3 saturated heterocycles. The number of hydrogen-bond acceptors (Lipinski definition) is 7. The van der Waals surface area contributed by atoms with Gasteiger partial charge in [-0.15, -0.1) is 0 Å². The number of benzene rings is 1. The van der Waals surface area contributed by atoms with E-state index in [4.69, 9.17) is 0 Å². The van der Waals surface area contributed by atoms with Crippen molar-refractivity contribution in [3.05, 3.63) is 34.9 Å². The average molecular weight is 462 g/mol. The second kappa shape index (κ2) is 8.22. The van der Waals surface area contributed by atoms with Gasteiger partial charge in [0.1, 0.15) is 11.3 Å². The number of sulfonamides is 1. The summed E-state index contributed by atoms with van der Waals surface area (Å²) in [6.45, 7) is 4.42. The fraction of sp³-hybridized carbons (Fsp3) is 0.571. The first-order chi connectivity index (χ1) is 15.3. The zero-order valence-corrected chi connectivity index (χ0v) is 18.6. The molecule has 3 amide bonds. The average Bonchev–Trinajstić information content (AvgIpc) is 3.06. The molecule has 4 aliphatic rings. The van der Waals surface area contributed by atoms with Gasteiger partial charge in [0.2, 0.25) is 21.8 Å². The lowest BCUT2D eigenvalue weighted by atomic mass is 10.0. The molecule has 3 fully saturated rings. The monoisotopic (exact) mass is 461 g/mol. The zero-order valence-electron chi connectivity index (χ0n) is 17.7. The van der Waals surface area contributed by atoms with E-state index in [1.165, 1.54) is 4.90 Å². The summed E-state index contributed by atoms with van der Waals surface area (Å²) >= 11 is 0. The number of piperidine rings is 1. The van der Waals surface area contributed by atoms with Gasteiger partial charge in [0.05, 0.1) is 0 Å². The van der Waals surface area contributed by atoms with Gasteiger partial charge in [0, 0.05) is 64.3 Å². The smallest absolute Gasteiger partial charge is 0.255 e. The van der Waals surface area contributed by atoms with Crippen LogP contribution >= 0.6 is 0 Å². The number of likely N-dealkylation sites (tertiary alicyclic amines) is 1. The highest BCUT2D eigenvalue weighted by molar-refractivity contribution is 7.89. The largest absolute Gasteiger partial charge is 0.322 e. The van der Waals surface area contributed by atoms with E-state index in [9.17, 15) is 22.8 Å². The van der Waals surface area contributed by atoms with Crippen molar-refractivity contribution in [3.8, 4) is 0 Å². The van der Waals surface area contributed by atoms with Crippen LogP contribution in [-0.4, -0.2) is 90.8 Å². The number of fused-ring (bicyclic) bond motifs is 1. The van der Waals surface area contributed by atoms with Crippen molar-refractivity contribution in [3.63, 3.8) is 0 Å². The van der Waals surface area contributed by atoms with Crippen molar-refractivity contribution in [2.75, 3.05) is 39.3 Å². The number of rotatable bonds is 5. The van der Waals surface area contributed by atoms with Crippen LogP contribution in [0.15, 0.2) is 18.2 Å². The summed E-state index contributed by atoms with van der Waals surface area (Å²) in [5, 5.41) is 5.12. The molecule has 0 bridgehead atoms. The predicted molar refractivity (Wildman–Crippen MR) is 115 cm³/mol. The molecule has 32 heavy (non-hydrogen) atoms. The topological polar surface area (TPSA) is 119 Å². The molecular formula is C21H27N5O5S. The third-order valence-electron chi connectivity index (χ3n) is 6.77. The SMILES string of the molecule is O=C1CCC(N2Cc3cc(CN4CC(S(=O)(=O)N5CCNCC5)C4)ccc3C2=O)C(=O)N1. The summed E-state index contributed by atoms with van der Waals surface area (Å²) in [7, 11) is -3.26. The quantitative estimate of drug-likeness (QED) is 0.533. The maximum atomic E-state index is 12.8. The fourth-order valence-corrected chi connectivity index (χ4v) is 6.85. The molecule has 10 nitrogen and oxygen atoms in total. The molecule has 4 heterocycles. The van der Waals surface area contributed by atoms with Crippen molar-refractivity contribution in [2.24, 2.45) is 0 Å². The third-order valence-corrected chi connectivity index (χ3v) is 9.00. The maximum absolute atomic E-state index is 12.8. The maximum Gasteiger partial charge on any atom is 0.255 e. The Morgan fingerprint density at radius 3 is 2.53 bits per heavy atom. The minimum Gasteiger partial charge on any atom is -0.322 e. The highest BCUT2D eigenvalue weighted by atomic mass is 32.2. The predicted octanol–water partition coefficient (Wildman–Crippen LogP) is -1.13. The Kier molecular flexibility index (Phi) is 5.52. The summed E-state index contributed by atoms with van der Waals surface area (Å²) in [4.78, 5) is 40.0. The molecule has 0 radical (unpaired) electrons. The van der Waals surface area contributed by atoms with Crippen molar-refractivity contribution >= 4 is 27.7 Å². The molecule has 1 aromatic carbocycles. The summed E-state index contributed by atoms with van der Waals surface area (Å²) in [6.07, 6.45) is 0.572. The highest BCUT2D eigenvalue weighted by Gasteiger charge is 2.42. The van der Waals surface area contributed by atoms with Crippen LogP contribution in [0.2, 0.25) is 0 Å². The molecule has 0 saturated carbocycles. The lowest BCUT2D eigenvalue weighted by Gasteiger charge is -2.41. The van der Waals surface area contributed by atoms with Gasteiger partial charge in [-0.25, -0.2) is 8.42 Å². The van der Waals surface area contributed by atoms with Crippen LogP contribution in [0.3, 0.4) is 0 Å². The van der Waals surface area contributed by atoms with E-state index in [-0.39, 0.29) is 23.5 Å². The number of imide groups is 1. The first kappa shape index (κ1) is 21.5. The van der Waals surface area contributed by atoms with E-state index in [0.717, 1.165) is 11.1 Å². The Balaban J connectivity index is 1.20. The van der Waals surface area contributed by atoms with Gasteiger partial charge in [0.25, 0.3) is 5.91 Å². The molecule has 2 N–H and O–H groups in total. The minimum atomic E-state index is -3.26. The Morgan fingerprint density at radius 2 is 1.81 bits per heavy atom. The van der Waals surface area contributed by atoms with Gasteiger partial charge in [-0.3, -0.25) is 24.6 Å². The van der Waals surface area contributed by atoms with Crippen LogP contribution in [0.4, 0.5) is 0 Å². The van der Waals surface area contributed by atoms with Crippen molar-refractivity contribution in [2.45, 2.75) is 37.2 Å². The lowest BCUT2D eigenvalue weighted by Crippen LogP contribution is -2.59. The standard InChI is InChI=1S/C21H27N5O5S/c27-19-4-3-18(20(28)23-19)26-11-15-9-14(1-2-17(15)21(26)29)10-24-12-16(13-24)32(30,31)25-7-5-22-6-8-25/h1-2,9,16,18,22H,3-8,10-13H2,(H,23,27,28). The van der Waals surface area contributed by atoms with Crippen LogP contribution in [0, 0.1) is 0 Å². The number of amides is 3. The Labute approximate surface area is 187 Å². The van der Waals surface area contributed by atoms with Gasteiger partial charge in [0.15, 0.2) is 0 Å². The van der Waals surface area contributed by atoms with E-state index in [1.807, 2.05) is 12.1 Å². The normalized spacial score (nSPS) is 25.6. The second-order valence-corrected chi connectivity index (χ2v) is 11.1.